The predicted octanol–water partition coefficient (Wildman–Crippen LogP) is 1.92. The maximum atomic E-state index is 10.8. The topological polar surface area (TPSA) is 101 Å². The number of benzene rings is 1. The average molecular weight is 420 g/mol. The fraction of sp³-hybridized carbons (Fsp3) is 0.667. The van der Waals surface area contributed by atoms with Gasteiger partial charge < -0.3 is 20.1 Å². The summed E-state index contributed by atoms with van der Waals surface area (Å²) >= 11 is 0. The van der Waals surface area contributed by atoms with Crippen LogP contribution in [0, 0.1) is 10.1 Å². The van der Waals surface area contributed by atoms with Gasteiger partial charge in [0, 0.05) is 44.9 Å². The zero-order valence-corrected chi connectivity index (χ0v) is 17.6. The van der Waals surface area contributed by atoms with Gasteiger partial charge in [-0.1, -0.05) is 12.1 Å². The Morgan fingerprint density at radius 3 is 2.67 bits per heavy atom. The Hall–Kier alpha value is -2.23. The number of aliphatic imine (C=N–C) groups is 1. The van der Waals surface area contributed by atoms with Crippen molar-refractivity contribution in [2.45, 2.75) is 38.3 Å². The molecule has 2 saturated heterocycles. The lowest BCUT2D eigenvalue weighted by Crippen LogP contribution is -2.44. The molecule has 2 aliphatic rings. The summed E-state index contributed by atoms with van der Waals surface area (Å²) in [6.45, 7) is 7.52. The van der Waals surface area contributed by atoms with Crippen LogP contribution in [-0.2, 0) is 16.0 Å². The van der Waals surface area contributed by atoms with Gasteiger partial charge in [0.1, 0.15) is 0 Å². The molecule has 3 rings (SSSR count). The van der Waals surface area contributed by atoms with E-state index in [1.165, 1.54) is 18.6 Å². The van der Waals surface area contributed by atoms with E-state index >= 15 is 0 Å². The van der Waals surface area contributed by atoms with Crippen molar-refractivity contribution in [3.8, 4) is 0 Å². The summed E-state index contributed by atoms with van der Waals surface area (Å²) in [5.41, 5.74) is 1.03. The lowest BCUT2D eigenvalue weighted by atomic mass is 10.1. The number of hydrogen-bond donors (Lipinski definition) is 2. The number of ether oxygens (including phenoxy) is 2. The van der Waals surface area contributed by atoms with Gasteiger partial charge in [0.15, 0.2) is 5.96 Å². The smallest absolute Gasteiger partial charge is 0.269 e. The van der Waals surface area contributed by atoms with Crippen LogP contribution in [0.4, 0.5) is 5.69 Å². The van der Waals surface area contributed by atoms with Gasteiger partial charge in [-0.3, -0.25) is 15.0 Å². The van der Waals surface area contributed by atoms with Crippen LogP contribution in [0.15, 0.2) is 29.3 Å². The van der Waals surface area contributed by atoms with Crippen molar-refractivity contribution in [3.63, 3.8) is 0 Å². The normalized spacial score (nSPS) is 20.7. The van der Waals surface area contributed by atoms with Gasteiger partial charge in [-0.2, -0.15) is 0 Å². The summed E-state index contributed by atoms with van der Waals surface area (Å²) in [5.74, 6) is 0.754. The Bertz CT molecular complexity index is 670. The Morgan fingerprint density at radius 2 is 1.97 bits per heavy atom. The number of guanidine groups is 1. The van der Waals surface area contributed by atoms with Crippen molar-refractivity contribution < 1.29 is 14.4 Å². The van der Waals surface area contributed by atoms with Gasteiger partial charge >= 0.3 is 0 Å². The monoisotopic (exact) mass is 419 g/mol. The third-order valence-electron chi connectivity index (χ3n) is 5.39. The zero-order valence-electron chi connectivity index (χ0n) is 17.6. The quantitative estimate of drug-likeness (QED) is 0.207. The minimum Gasteiger partial charge on any atom is -0.379 e. The zero-order chi connectivity index (χ0) is 21.0. The average Bonchev–Trinajstić information content (AvgIpc) is 2.79. The summed E-state index contributed by atoms with van der Waals surface area (Å²) in [7, 11) is 0. The Morgan fingerprint density at radius 1 is 1.17 bits per heavy atom. The first-order valence-electron chi connectivity index (χ1n) is 10.9. The number of rotatable bonds is 9. The van der Waals surface area contributed by atoms with Gasteiger partial charge in [-0.15, -0.1) is 0 Å². The minimum atomic E-state index is -0.389. The molecule has 0 aliphatic carbocycles. The summed E-state index contributed by atoms with van der Waals surface area (Å²) in [6.07, 6.45) is 4.66. The molecule has 0 amide bonds. The van der Waals surface area contributed by atoms with Gasteiger partial charge in [0.25, 0.3) is 5.69 Å². The van der Waals surface area contributed by atoms with E-state index in [9.17, 15) is 10.1 Å². The SMILES string of the molecule is O=[N+]([O-])c1ccc(CN=C(NCCCN2CCOCC2)NCC2CCCCO2)cc1. The minimum absolute atomic E-state index is 0.0942. The number of nitro groups is 1. The van der Waals surface area contributed by atoms with Crippen molar-refractivity contribution in [2.24, 2.45) is 4.99 Å². The van der Waals surface area contributed by atoms with E-state index in [4.69, 9.17) is 9.47 Å². The molecule has 166 valence electrons. The molecule has 2 N–H and O–H groups in total. The van der Waals surface area contributed by atoms with Crippen LogP contribution in [0.25, 0.3) is 0 Å². The lowest BCUT2D eigenvalue weighted by molar-refractivity contribution is -0.384. The molecule has 1 aromatic carbocycles. The Labute approximate surface area is 178 Å². The molecule has 0 bridgehead atoms. The number of nitrogens with zero attached hydrogens (tertiary/aromatic N) is 3. The van der Waals surface area contributed by atoms with Crippen molar-refractivity contribution in [2.75, 3.05) is 52.5 Å². The molecule has 2 aliphatic heterocycles. The number of hydrogen-bond acceptors (Lipinski definition) is 6. The highest BCUT2D eigenvalue weighted by Crippen LogP contribution is 2.13. The second-order valence-electron chi connectivity index (χ2n) is 7.69. The largest absolute Gasteiger partial charge is 0.379 e. The van der Waals surface area contributed by atoms with E-state index in [1.807, 2.05) is 0 Å². The van der Waals surface area contributed by atoms with E-state index in [1.54, 1.807) is 12.1 Å². The summed E-state index contributed by atoms with van der Waals surface area (Å²) < 4.78 is 11.2. The molecule has 0 radical (unpaired) electrons. The predicted molar refractivity (Wildman–Crippen MR) is 116 cm³/mol. The van der Waals surface area contributed by atoms with E-state index in [-0.39, 0.29) is 16.7 Å². The molecule has 1 atom stereocenters. The van der Waals surface area contributed by atoms with Crippen LogP contribution >= 0.6 is 0 Å². The van der Waals surface area contributed by atoms with Gasteiger partial charge in [0.2, 0.25) is 0 Å². The highest BCUT2D eigenvalue weighted by molar-refractivity contribution is 5.79. The summed E-state index contributed by atoms with van der Waals surface area (Å²) in [4.78, 5) is 17.5. The second kappa shape index (κ2) is 12.5. The van der Waals surface area contributed by atoms with Crippen molar-refractivity contribution >= 4 is 11.6 Å². The molecule has 9 nitrogen and oxygen atoms in total. The van der Waals surface area contributed by atoms with Crippen LogP contribution in [-0.4, -0.2) is 74.4 Å². The first-order valence-corrected chi connectivity index (χ1v) is 10.9. The van der Waals surface area contributed by atoms with Crippen molar-refractivity contribution in [1.82, 2.24) is 15.5 Å². The van der Waals surface area contributed by atoms with E-state index < -0.39 is 0 Å². The fourth-order valence-electron chi connectivity index (χ4n) is 3.58. The second-order valence-corrected chi connectivity index (χ2v) is 7.69. The summed E-state index contributed by atoms with van der Waals surface area (Å²) in [6, 6.07) is 6.54. The molecule has 2 heterocycles. The standard InChI is InChI=1S/C21H33N5O4/c27-26(28)19-7-5-18(6-8-19)16-23-21(24-17-20-4-1-2-13-30-20)22-9-3-10-25-11-14-29-15-12-25/h5-8,20H,1-4,9-17H2,(H2,22,23,24). The highest BCUT2D eigenvalue weighted by atomic mass is 16.6. The summed E-state index contributed by atoms with van der Waals surface area (Å²) in [5, 5.41) is 17.6. The maximum absolute atomic E-state index is 10.8. The molecule has 2 fully saturated rings. The molecule has 0 aromatic heterocycles. The lowest BCUT2D eigenvalue weighted by Gasteiger charge is -2.26. The van der Waals surface area contributed by atoms with Crippen LogP contribution in [0.5, 0.6) is 0 Å². The van der Waals surface area contributed by atoms with Crippen molar-refractivity contribution in [1.29, 1.82) is 0 Å². The number of morpholine rings is 1. The number of non-ortho nitro benzene ring substituents is 1. The molecular weight excluding hydrogens is 386 g/mol. The van der Waals surface area contributed by atoms with Crippen LogP contribution in [0.3, 0.4) is 0 Å². The molecule has 1 unspecified atom stereocenters. The molecule has 30 heavy (non-hydrogen) atoms. The van der Waals surface area contributed by atoms with E-state index in [2.05, 4.69) is 20.5 Å². The maximum Gasteiger partial charge on any atom is 0.269 e. The molecule has 0 saturated carbocycles. The Kier molecular flexibility index (Phi) is 9.33. The Balaban J connectivity index is 1.49. The third-order valence-corrected chi connectivity index (χ3v) is 5.39. The molecular formula is C21H33N5O4. The third kappa shape index (κ3) is 7.89. The van der Waals surface area contributed by atoms with Gasteiger partial charge in [-0.05, 0) is 37.8 Å². The first kappa shape index (κ1) is 22.5. The highest BCUT2D eigenvalue weighted by Gasteiger charge is 2.14. The van der Waals surface area contributed by atoms with Crippen molar-refractivity contribution in [3.05, 3.63) is 39.9 Å². The van der Waals surface area contributed by atoms with Gasteiger partial charge in [-0.25, -0.2) is 4.99 Å². The van der Waals surface area contributed by atoms with Crippen LogP contribution in [0.1, 0.15) is 31.2 Å². The van der Waals surface area contributed by atoms with Gasteiger partial charge in [0.05, 0.1) is 30.8 Å². The fourth-order valence-corrected chi connectivity index (χ4v) is 3.58. The molecule has 9 heteroatoms. The first-order chi connectivity index (χ1) is 14.7. The molecule has 1 aromatic rings. The molecule has 0 spiro atoms. The van der Waals surface area contributed by atoms with Crippen LogP contribution in [0.2, 0.25) is 0 Å². The van der Waals surface area contributed by atoms with E-state index in [0.717, 1.165) is 83.3 Å². The number of nitrogens with one attached hydrogen (secondary N) is 2. The van der Waals surface area contributed by atoms with E-state index in [0.29, 0.717) is 6.54 Å². The van der Waals surface area contributed by atoms with Crippen LogP contribution < -0.4 is 10.6 Å². The number of nitro benzene ring substituents is 1.